The molecule has 1 aromatic carbocycles. The molecule has 0 fully saturated rings. The van der Waals surface area contributed by atoms with E-state index in [4.69, 9.17) is 27.9 Å². The van der Waals surface area contributed by atoms with Gasteiger partial charge in [-0.25, -0.2) is 5.43 Å². The van der Waals surface area contributed by atoms with Gasteiger partial charge in [0.15, 0.2) is 5.75 Å². The Morgan fingerprint density at radius 2 is 1.89 bits per heavy atom. The van der Waals surface area contributed by atoms with Crippen LogP contribution in [0.5, 0.6) is 5.75 Å². The van der Waals surface area contributed by atoms with Crippen molar-refractivity contribution in [1.29, 1.82) is 0 Å². The van der Waals surface area contributed by atoms with E-state index < -0.39 is 0 Å². The minimum atomic E-state index is -0.287. The third kappa shape index (κ3) is 4.53. The Kier molecular flexibility index (Phi) is 8.11. The summed E-state index contributed by atoms with van der Waals surface area (Å²) in [5.41, 5.74) is 5.71. The Labute approximate surface area is 122 Å². The number of hydrogen-bond donors (Lipinski definition) is 2. The van der Waals surface area contributed by atoms with E-state index in [-0.39, 0.29) is 18.3 Å². The van der Waals surface area contributed by atoms with Gasteiger partial charge in [-0.2, -0.15) is 0 Å². The standard InChI is InChI=1S/C11H14Cl2N2O2.ClH/c1-3-4-14-15-11(16)7-5-8(12)10(17-2)9(13)6-7;/h5-6,14H,3-4H2,1-2H3,(H,15,16);1H. The number of halogens is 3. The van der Waals surface area contributed by atoms with Crippen LogP contribution in [0.25, 0.3) is 0 Å². The second kappa shape index (κ2) is 8.43. The van der Waals surface area contributed by atoms with Crippen molar-refractivity contribution in [1.82, 2.24) is 10.9 Å². The molecule has 0 saturated heterocycles. The lowest BCUT2D eigenvalue weighted by Gasteiger charge is -2.09. The fraction of sp³-hybridized carbons (Fsp3) is 0.364. The molecule has 2 N–H and O–H groups in total. The lowest BCUT2D eigenvalue weighted by molar-refractivity contribution is 0.0933. The quantitative estimate of drug-likeness (QED) is 0.649. The lowest BCUT2D eigenvalue weighted by atomic mass is 10.2. The second-order valence-corrected chi connectivity index (χ2v) is 4.17. The lowest BCUT2D eigenvalue weighted by Crippen LogP contribution is -2.37. The Balaban J connectivity index is 0.00000289. The molecule has 0 aliphatic carbocycles. The predicted octanol–water partition coefficient (Wildman–Crippen LogP) is 3.07. The number of benzene rings is 1. The zero-order valence-electron chi connectivity index (χ0n) is 10.0. The van der Waals surface area contributed by atoms with E-state index >= 15 is 0 Å². The van der Waals surface area contributed by atoms with Gasteiger partial charge in [-0.3, -0.25) is 10.2 Å². The maximum Gasteiger partial charge on any atom is 0.265 e. The van der Waals surface area contributed by atoms with Crippen LogP contribution in [0.4, 0.5) is 0 Å². The number of carbonyl (C=O) groups is 1. The van der Waals surface area contributed by atoms with Crippen LogP contribution in [0.15, 0.2) is 12.1 Å². The average molecular weight is 314 g/mol. The highest BCUT2D eigenvalue weighted by Gasteiger charge is 2.12. The van der Waals surface area contributed by atoms with Gasteiger partial charge in [-0.15, -0.1) is 12.4 Å². The molecule has 0 aromatic heterocycles. The second-order valence-electron chi connectivity index (χ2n) is 3.35. The van der Waals surface area contributed by atoms with Crippen LogP contribution in [0.1, 0.15) is 23.7 Å². The van der Waals surface area contributed by atoms with E-state index in [1.165, 1.54) is 19.2 Å². The number of hydrogen-bond acceptors (Lipinski definition) is 3. The van der Waals surface area contributed by atoms with Gasteiger partial charge in [0.05, 0.1) is 17.2 Å². The van der Waals surface area contributed by atoms with Gasteiger partial charge in [-0.1, -0.05) is 30.1 Å². The van der Waals surface area contributed by atoms with E-state index in [0.29, 0.717) is 27.9 Å². The molecule has 1 rings (SSSR count). The molecular weight excluding hydrogens is 298 g/mol. The molecule has 1 amide bonds. The first-order valence-corrected chi connectivity index (χ1v) is 5.92. The summed E-state index contributed by atoms with van der Waals surface area (Å²) in [6.07, 6.45) is 0.921. The Bertz CT molecular complexity index is 390. The monoisotopic (exact) mass is 312 g/mol. The topological polar surface area (TPSA) is 50.4 Å². The van der Waals surface area contributed by atoms with Crippen molar-refractivity contribution in [2.45, 2.75) is 13.3 Å². The highest BCUT2D eigenvalue weighted by molar-refractivity contribution is 6.37. The van der Waals surface area contributed by atoms with Gasteiger partial charge in [0.25, 0.3) is 5.91 Å². The van der Waals surface area contributed by atoms with Crippen molar-refractivity contribution >= 4 is 41.5 Å². The van der Waals surface area contributed by atoms with Crippen molar-refractivity contribution in [3.8, 4) is 5.75 Å². The number of hydrazine groups is 1. The van der Waals surface area contributed by atoms with Gasteiger partial charge in [0.1, 0.15) is 0 Å². The zero-order chi connectivity index (χ0) is 12.8. The number of nitrogens with one attached hydrogen (secondary N) is 2. The fourth-order valence-electron chi connectivity index (χ4n) is 1.23. The largest absolute Gasteiger partial charge is 0.494 e. The molecule has 0 unspecified atom stereocenters. The minimum Gasteiger partial charge on any atom is -0.494 e. The van der Waals surface area contributed by atoms with Crippen LogP contribution in [0.2, 0.25) is 10.0 Å². The van der Waals surface area contributed by atoms with Crippen molar-refractivity contribution in [2.24, 2.45) is 0 Å². The molecule has 18 heavy (non-hydrogen) atoms. The Hall–Kier alpha value is -0.680. The van der Waals surface area contributed by atoms with Crippen LogP contribution in [0.3, 0.4) is 0 Å². The van der Waals surface area contributed by atoms with Crippen LogP contribution in [0, 0.1) is 0 Å². The molecule has 0 saturated carbocycles. The van der Waals surface area contributed by atoms with Gasteiger partial charge < -0.3 is 4.74 Å². The maximum atomic E-state index is 11.7. The Morgan fingerprint density at radius 3 is 2.33 bits per heavy atom. The number of ether oxygens (including phenoxy) is 1. The highest BCUT2D eigenvalue weighted by Crippen LogP contribution is 2.33. The summed E-state index contributed by atoms with van der Waals surface area (Å²) in [7, 11) is 1.47. The van der Waals surface area contributed by atoms with Crippen LogP contribution >= 0.6 is 35.6 Å². The molecule has 0 aliphatic rings. The fourth-order valence-corrected chi connectivity index (χ4v) is 1.87. The van der Waals surface area contributed by atoms with Crippen LogP contribution in [-0.4, -0.2) is 19.6 Å². The number of rotatable bonds is 5. The molecule has 102 valence electrons. The summed E-state index contributed by atoms with van der Waals surface area (Å²) >= 11 is 11.9. The highest BCUT2D eigenvalue weighted by atomic mass is 35.5. The van der Waals surface area contributed by atoms with Crippen molar-refractivity contribution < 1.29 is 9.53 Å². The van der Waals surface area contributed by atoms with Gasteiger partial charge >= 0.3 is 0 Å². The molecule has 0 heterocycles. The maximum absolute atomic E-state index is 11.7. The van der Waals surface area contributed by atoms with Crippen LogP contribution < -0.4 is 15.6 Å². The molecule has 0 radical (unpaired) electrons. The third-order valence-electron chi connectivity index (χ3n) is 2.04. The molecule has 0 atom stereocenters. The first-order chi connectivity index (χ1) is 8.10. The number of methoxy groups -OCH3 is 1. The van der Waals surface area contributed by atoms with Gasteiger partial charge in [0, 0.05) is 12.1 Å². The van der Waals surface area contributed by atoms with E-state index in [2.05, 4.69) is 10.9 Å². The van der Waals surface area contributed by atoms with Gasteiger partial charge in [0.2, 0.25) is 0 Å². The van der Waals surface area contributed by atoms with Crippen molar-refractivity contribution in [2.75, 3.05) is 13.7 Å². The molecule has 7 heteroatoms. The van der Waals surface area contributed by atoms with Crippen molar-refractivity contribution in [3.63, 3.8) is 0 Å². The van der Waals surface area contributed by atoms with Crippen LogP contribution in [-0.2, 0) is 0 Å². The average Bonchev–Trinajstić information content (AvgIpc) is 2.28. The molecular formula is C11H15Cl3N2O2. The summed E-state index contributed by atoms with van der Waals surface area (Å²) < 4.78 is 5.00. The summed E-state index contributed by atoms with van der Waals surface area (Å²) in [6.45, 7) is 2.70. The smallest absolute Gasteiger partial charge is 0.265 e. The van der Waals surface area contributed by atoms with E-state index in [0.717, 1.165) is 6.42 Å². The van der Waals surface area contributed by atoms with Crippen molar-refractivity contribution in [3.05, 3.63) is 27.7 Å². The summed E-state index contributed by atoms with van der Waals surface area (Å²) in [5, 5.41) is 0.612. The Morgan fingerprint density at radius 1 is 1.33 bits per heavy atom. The van der Waals surface area contributed by atoms with Gasteiger partial charge in [-0.05, 0) is 18.6 Å². The SMILES string of the molecule is CCCNNC(=O)c1cc(Cl)c(OC)c(Cl)c1.Cl. The normalized spacial score (nSPS) is 9.56. The summed E-state index contributed by atoms with van der Waals surface area (Å²) in [4.78, 5) is 11.7. The predicted molar refractivity (Wildman–Crippen MR) is 76.0 cm³/mol. The van der Waals surface area contributed by atoms with E-state index in [1.807, 2.05) is 6.92 Å². The first-order valence-electron chi connectivity index (χ1n) is 5.16. The molecule has 1 aromatic rings. The number of carbonyl (C=O) groups excluding carboxylic acids is 1. The molecule has 0 aliphatic heterocycles. The minimum absolute atomic E-state index is 0. The van der Waals surface area contributed by atoms with E-state index in [9.17, 15) is 4.79 Å². The summed E-state index contributed by atoms with van der Waals surface area (Å²) in [5.74, 6) is 0.0799. The number of amides is 1. The molecule has 4 nitrogen and oxygen atoms in total. The molecule has 0 bridgehead atoms. The zero-order valence-corrected chi connectivity index (χ0v) is 12.4. The first kappa shape index (κ1) is 17.3. The van der Waals surface area contributed by atoms with E-state index in [1.54, 1.807) is 0 Å². The third-order valence-corrected chi connectivity index (χ3v) is 2.60. The molecule has 0 spiro atoms. The summed E-state index contributed by atoms with van der Waals surface area (Å²) in [6, 6.07) is 3.02.